The van der Waals surface area contributed by atoms with E-state index in [-0.39, 0.29) is 22.8 Å². The Labute approximate surface area is 108 Å². The molecule has 7 heteroatoms. The summed E-state index contributed by atoms with van der Waals surface area (Å²) in [7, 11) is 0. The van der Waals surface area contributed by atoms with E-state index in [1.165, 1.54) is 23.1 Å². The van der Waals surface area contributed by atoms with Crippen LogP contribution in [0, 0.1) is 10.1 Å². The number of anilines is 1. The summed E-state index contributed by atoms with van der Waals surface area (Å²) in [5, 5.41) is 13.6. The molecule has 0 aliphatic carbocycles. The number of carbonyl (C=O) groups excluding carboxylic acids is 2. The maximum absolute atomic E-state index is 12.4. The Balaban J connectivity index is 2.19. The Morgan fingerprint density at radius 2 is 2.16 bits per heavy atom. The van der Waals surface area contributed by atoms with Crippen LogP contribution in [0.1, 0.15) is 23.2 Å². The summed E-state index contributed by atoms with van der Waals surface area (Å²) in [6.07, 6.45) is 1.33. The van der Waals surface area contributed by atoms with Gasteiger partial charge in [-0.2, -0.15) is 0 Å². The lowest BCUT2D eigenvalue weighted by atomic mass is 10.1. The quantitative estimate of drug-likeness (QED) is 0.606. The van der Waals surface area contributed by atoms with Crippen molar-refractivity contribution in [2.45, 2.75) is 18.9 Å². The van der Waals surface area contributed by atoms with Gasteiger partial charge < -0.3 is 10.2 Å². The first-order chi connectivity index (χ1) is 9.09. The molecule has 2 aliphatic rings. The molecule has 1 aromatic rings. The molecule has 3 rings (SSSR count). The predicted octanol–water partition coefficient (Wildman–Crippen LogP) is 1.15. The number of carbonyl (C=O) groups is 2. The van der Waals surface area contributed by atoms with Crippen LogP contribution in [0.4, 0.5) is 11.4 Å². The van der Waals surface area contributed by atoms with Crippen molar-refractivity contribution in [2.75, 3.05) is 11.9 Å². The molecular weight excluding hydrogens is 250 g/mol. The molecular formula is C12H11N3O4. The molecule has 1 saturated heterocycles. The maximum Gasteiger partial charge on any atom is 0.284 e. The fourth-order valence-corrected chi connectivity index (χ4v) is 2.66. The van der Waals surface area contributed by atoms with Gasteiger partial charge in [0.05, 0.1) is 10.6 Å². The van der Waals surface area contributed by atoms with Crippen molar-refractivity contribution in [2.24, 2.45) is 0 Å². The number of nitrogens with one attached hydrogen (secondary N) is 1. The highest BCUT2D eigenvalue weighted by molar-refractivity contribution is 6.12. The molecule has 2 aliphatic heterocycles. The Bertz CT molecular complexity index is 599. The van der Waals surface area contributed by atoms with Gasteiger partial charge >= 0.3 is 0 Å². The Hall–Kier alpha value is -2.44. The zero-order chi connectivity index (χ0) is 13.6. The van der Waals surface area contributed by atoms with Crippen molar-refractivity contribution in [3.05, 3.63) is 33.9 Å². The lowest BCUT2D eigenvalue weighted by Crippen LogP contribution is -2.40. The van der Waals surface area contributed by atoms with E-state index in [1.807, 2.05) is 0 Å². The van der Waals surface area contributed by atoms with Crippen molar-refractivity contribution < 1.29 is 14.5 Å². The third kappa shape index (κ3) is 1.66. The minimum absolute atomic E-state index is 0.0229. The third-order valence-corrected chi connectivity index (χ3v) is 3.53. The summed E-state index contributed by atoms with van der Waals surface area (Å²) in [4.78, 5) is 36.3. The monoisotopic (exact) mass is 261 g/mol. The van der Waals surface area contributed by atoms with Gasteiger partial charge in [-0.25, -0.2) is 0 Å². The van der Waals surface area contributed by atoms with Crippen molar-refractivity contribution in [3.8, 4) is 0 Å². The molecule has 0 aromatic heterocycles. The van der Waals surface area contributed by atoms with E-state index in [1.54, 1.807) is 0 Å². The highest BCUT2D eigenvalue weighted by Gasteiger charge is 2.41. The van der Waals surface area contributed by atoms with Gasteiger partial charge in [0.2, 0.25) is 5.91 Å². The second kappa shape index (κ2) is 4.04. The van der Waals surface area contributed by atoms with Crippen LogP contribution in [0.2, 0.25) is 0 Å². The molecule has 2 heterocycles. The number of hydrogen-bond acceptors (Lipinski definition) is 4. The third-order valence-electron chi connectivity index (χ3n) is 3.53. The van der Waals surface area contributed by atoms with Gasteiger partial charge in [0.1, 0.15) is 11.6 Å². The fraction of sp³-hybridized carbons (Fsp3) is 0.333. The maximum atomic E-state index is 12.4. The van der Waals surface area contributed by atoms with Gasteiger partial charge in [-0.05, 0) is 18.9 Å². The number of nitrogens with zero attached hydrogens (tertiary/aromatic N) is 2. The van der Waals surface area contributed by atoms with E-state index < -0.39 is 16.9 Å². The molecule has 1 fully saturated rings. The van der Waals surface area contributed by atoms with E-state index in [2.05, 4.69) is 5.32 Å². The van der Waals surface area contributed by atoms with Crippen LogP contribution in [-0.2, 0) is 4.79 Å². The van der Waals surface area contributed by atoms with Crippen LogP contribution >= 0.6 is 0 Å². The first-order valence-corrected chi connectivity index (χ1v) is 5.99. The summed E-state index contributed by atoms with van der Waals surface area (Å²) >= 11 is 0. The molecule has 19 heavy (non-hydrogen) atoms. The minimum atomic E-state index is -0.598. The second-order valence-electron chi connectivity index (χ2n) is 4.60. The Morgan fingerprint density at radius 1 is 1.37 bits per heavy atom. The molecule has 2 amide bonds. The van der Waals surface area contributed by atoms with Crippen LogP contribution < -0.4 is 5.32 Å². The van der Waals surface area contributed by atoms with Crippen LogP contribution in [0.3, 0.4) is 0 Å². The molecule has 0 radical (unpaired) electrons. The van der Waals surface area contributed by atoms with E-state index in [0.29, 0.717) is 13.0 Å². The average Bonchev–Trinajstić information content (AvgIpc) is 2.83. The number of nitro benzene ring substituents is 1. The Morgan fingerprint density at radius 3 is 2.89 bits per heavy atom. The molecule has 1 atom stereocenters. The van der Waals surface area contributed by atoms with Crippen molar-refractivity contribution >= 4 is 23.2 Å². The highest BCUT2D eigenvalue weighted by Crippen LogP contribution is 2.33. The molecule has 0 spiro atoms. The molecule has 98 valence electrons. The van der Waals surface area contributed by atoms with Crippen molar-refractivity contribution in [3.63, 3.8) is 0 Å². The fourth-order valence-electron chi connectivity index (χ4n) is 2.66. The number of hydrogen-bond donors (Lipinski definition) is 1. The summed E-state index contributed by atoms with van der Waals surface area (Å²) in [5.74, 6) is -0.715. The SMILES string of the molecule is O=C1Nc2cccc([N+](=O)[O-])c2C(=O)N2CCC[C@@H]12. The highest BCUT2D eigenvalue weighted by atomic mass is 16.6. The largest absolute Gasteiger partial charge is 0.326 e. The standard InChI is InChI=1S/C12H11N3O4/c16-11-9-5-2-6-14(9)12(17)10-7(13-11)3-1-4-8(10)15(18)19/h1,3-4,9H,2,5-6H2,(H,13,16)/t9-/m0/s1. The molecule has 0 unspecified atom stereocenters. The minimum Gasteiger partial charge on any atom is -0.326 e. The number of amides is 2. The van der Waals surface area contributed by atoms with Crippen LogP contribution in [0.25, 0.3) is 0 Å². The van der Waals surface area contributed by atoms with Crippen molar-refractivity contribution in [1.29, 1.82) is 0 Å². The lowest BCUT2D eigenvalue weighted by Gasteiger charge is -2.19. The zero-order valence-electron chi connectivity index (χ0n) is 9.96. The molecule has 7 nitrogen and oxygen atoms in total. The first kappa shape index (κ1) is 11.6. The van der Waals surface area contributed by atoms with Gasteiger partial charge in [-0.3, -0.25) is 19.7 Å². The lowest BCUT2D eigenvalue weighted by molar-refractivity contribution is -0.385. The van der Waals surface area contributed by atoms with Crippen molar-refractivity contribution in [1.82, 2.24) is 4.90 Å². The van der Waals surface area contributed by atoms with Gasteiger partial charge in [-0.1, -0.05) is 6.07 Å². The van der Waals surface area contributed by atoms with Gasteiger partial charge in [-0.15, -0.1) is 0 Å². The van der Waals surface area contributed by atoms with E-state index in [9.17, 15) is 19.7 Å². The van der Waals surface area contributed by atoms with E-state index in [0.717, 1.165) is 6.42 Å². The number of nitro groups is 1. The second-order valence-corrected chi connectivity index (χ2v) is 4.60. The van der Waals surface area contributed by atoms with Crippen LogP contribution in [0.5, 0.6) is 0 Å². The van der Waals surface area contributed by atoms with E-state index >= 15 is 0 Å². The first-order valence-electron chi connectivity index (χ1n) is 5.99. The molecule has 1 aromatic carbocycles. The topological polar surface area (TPSA) is 92.5 Å². The predicted molar refractivity (Wildman–Crippen MR) is 65.8 cm³/mol. The molecule has 1 N–H and O–H groups in total. The summed E-state index contributed by atoms with van der Waals surface area (Å²) in [6.45, 7) is 0.461. The normalized spacial score (nSPS) is 21.5. The smallest absolute Gasteiger partial charge is 0.284 e. The van der Waals surface area contributed by atoms with Crippen LogP contribution in [0.15, 0.2) is 18.2 Å². The Kier molecular flexibility index (Phi) is 2.48. The summed E-state index contributed by atoms with van der Waals surface area (Å²) < 4.78 is 0. The summed E-state index contributed by atoms with van der Waals surface area (Å²) in [6, 6.07) is 3.74. The van der Waals surface area contributed by atoms with Gasteiger partial charge in [0.15, 0.2) is 0 Å². The number of rotatable bonds is 1. The molecule has 0 saturated carbocycles. The number of fused-ring (bicyclic) bond motifs is 2. The van der Waals surface area contributed by atoms with Gasteiger partial charge in [0, 0.05) is 12.6 Å². The molecule has 0 bridgehead atoms. The zero-order valence-corrected chi connectivity index (χ0v) is 9.96. The van der Waals surface area contributed by atoms with Gasteiger partial charge in [0.25, 0.3) is 11.6 Å². The number of benzene rings is 1. The van der Waals surface area contributed by atoms with E-state index in [4.69, 9.17) is 0 Å². The summed E-state index contributed by atoms with van der Waals surface area (Å²) in [5.41, 5.74) is -0.0702. The average molecular weight is 261 g/mol. The van der Waals surface area contributed by atoms with Crippen LogP contribution in [-0.4, -0.2) is 34.2 Å².